The largest absolute Gasteiger partial charge is 0.272 e. The number of rotatable bonds is 3. The molecule has 0 aromatic carbocycles. The molecule has 0 spiro atoms. The van der Waals surface area contributed by atoms with Crippen LogP contribution in [0.4, 0.5) is 0 Å². The molecular weight excluding hydrogens is 154 g/mol. The van der Waals surface area contributed by atoms with Crippen LogP contribution in [0.3, 0.4) is 0 Å². The van der Waals surface area contributed by atoms with Crippen LogP contribution in [-0.2, 0) is 13.5 Å². The molecule has 0 saturated carbocycles. The Morgan fingerprint density at radius 2 is 2.50 bits per heavy atom. The van der Waals surface area contributed by atoms with Gasteiger partial charge in [0.25, 0.3) is 0 Å². The summed E-state index contributed by atoms with van der Waals surface area (Å²) >= 11 is 0. The van der Waals surface area contributed by atoms with Crippen LogP contribution in [-0.4, -0.2) is 16.3 Å². The van der Waals surface area contributed by atoms with Crippen molar-refractivity contribution in [3.63, 3.8) is 0 Å². The van der Waals surface area contributed by atoms with Crippen molar-refractivity contribution in [2.45, 2.75) is 13.3 Å². The molecule has 0 aliphatic heterocycles. The first-order valence-corrected chi connectivity index (χ1v) is 3.74. The summed E-state index contributed by atoms with van der Waals surface area (Å²) in [5.74, 6) is 0. The van der Waals surface area contributed by atoms with Crippen LogP contribution in [0, 0.1) is 6.92 Å². The van der Waals surface area contributed by atoms with Gasteiger partial charge in [-0.15, -0.1) is 0 Å². The molecule has 0 fully saturated rings. The Morgan fingerprint density at radius 3 is 3.00 bits per heavy atom. The fourth-order valence-electron chi connectivity index (χ4n) is 1.11. The van der Waals surface area contributed by atoms with E-state index < -0.39 is 0 Å². The smallest absolute Gasteiger partial charge is 0.0596 e. The van der Waals surface area contributed by atoms with E-state index in [0.717, 1.165) is 17.8 Å². The van der Waals surface area contributed by atoms with E-state index in [4.69, 9.17) is 5.53 Å². The van der Waals surface area contributed by atoms with Gasteiger partial charge in [0.1, 0.15) is 0 Å². The lowest BCUT2D eigenvalue weighted by molar-refractivity contribution is 0.700. The van der Waals surface area contributed by atoms with Crippen LogP contribution in [0.2, 0.25) is 0 Å². The Bertz CT molecular complexity index is 308. The van der Waals surface area contributed by atoms with Gasteiger partial charge in [-0.1, -0.05) is 5.11 Å². The first kappa shape index (κ1) is 8.62. The molecule has 0 bridgehead atoms. The van der Waals surface area contributed by atoms with Gasteiger partial charge in [0.2, 0.25) is 0 Å². The van der Waals surface area contributed by atoms with Crippen molar-refractivity contribution in [2.24, 2.45) is 12.2 Å². The van der Waals surface area contributed by atoms with Crippen LogP contribution in [0.25, 0.3) is 10.4 Å². The molecule has 5 heteroatoms. The number of azide groups is 1. The van der Waals surface area contributed by atoms with E-state index >= 15 is 0 Å². The summed E-state index contributed by atoms with van der Waals surface area (Å²) in [4.78, 5) is 2.68. The summed E-state index contributed by atoms with van der Waals surface area (Å²) in [5.41, 5.74) is 10.1. The van der Waals surface area contributed by atoms with E-state index in [1.54, 1.807) is 0 Å². The van der Waals surface area contributed by atoms with Crippen molar-refractivity contribution in [3.05, 3.63) is 27.9 Å². The summed E-state index contributed by atoms with van der Waals surface area (Å²) in [6, 6.07) is 1.99. The first-order valence-electron chi connectivity index (χ1n) is 3.74. The lowest BCUT2D eigenvalue weighted by atomic mass is 10.3. The molecule has 12 heavy (non-hydrogen) atoms. The van der Waals surface area contributed by atoms with Crippen LogP contribution in [0.5, 0.6) is 0 Å². The molecule has 1 aromatic heterocycles. The number of hydrogen-bond acceptors (Lipinski definition) is 2. The molecule has 0 aliphatic rings. The zero-order valence-corrected chi connectivity index (χ0v) is 7.23. The van der Waals surface area contributed by atoms with E-state index in [2.05, 4.69) is 15.1 Å². The Labute approximate surface area is 70.6 Å². The number of nitrogens with zero attached hydrogens (tertiary/aromatic N) is 5. The van der Waals surface area contributed by atoms with Crippen molar-refractivity contribution in [3.8, 4) is 0 Å². The molecule has 1 rings (SSSR count). The highest BCUT2D eigenvalue weighted by molar-refractivity contribution is 5.08. The van der Waals surface area contributed by atoms with Crippen molar-refractivity contribution in [1.82, 2.24) is 9.78 Å². The van der Waals surface area contributed by atoms with E-state index in [1.807, 2.05) is 24.7 Å². The third kappa shape index (κ3) is 2.00. The van der Waals surface area contributed by atoms with Crippen LogP contribution < -0.4 is 0 Å². The highest BCUT2D eigenvalue weighted by Gasteiger charge is 1.99. The molecule has 1 aromatic rings. The second-order valence-electron chi connectivity index (χ2n) is 2.61. The molecule has 0 radical (unpaired) electrons. The minimum absolute atomic E-state index is 0.496. The zero-order chi connectivity index (χ0) is 8.97. The van der Waals surface area contributed by atoms with Gasteiger partial charge >= 0.3 is 0 Å². The van der Waals surface area contributed by atoms with E-state index in [0.29, 0.717) is 6.54 Å². The molecule has 0 saturated heterocycles. The summed E-state index contributed by atoms with van der Waals surface area (Å²) in [6.07, 6.45) is 0.751. The summed E-state index contributed by atoms with van der Waals surface area (Å²) in [6.45, 7) is 2.44. The highest BCUT2D eigenvalue weighted by Crippen LogP contribution is 2.02. The SMILES string of the molecule is Cc1cc(CCN=[N+]=[N-])n(C)n1. The predicted octanol–water partition coefficient (Wildman–Crippen LogP) is 1.58. The van der Waals surface area contributed by atoms with Crippen molar-refractivity contribution >= 4 is 0 Å². The lowest BCUT2D eigenvalue weighted by Crippen LogP contribution is -1.99. The van der Waals surface area contributed by atoms with Gasteiger partial charge in [-0.25, -0.2) is 0 Å². The summed E-state index contributed by atoms with van der Waals surface area (Å²) in [5, 5.41) is 7.63. The minimum Gasteiger partial charge on any atom is -0.272 e. The molecule has 0 atom stereocenters. The maximum absolute atomic E-state index is 8.05. The first-order chi connectivity index (χ1) is 5.74. The quantitative estimate of drug-likeness (QED) is 0.381. The normalized spacial score (nSPS) is 9.50. The number of hydrogen-bond donors (Lipinski definition) is 0. The second-order valence-corrected chi connectivity index (χ2v) is 2.61. The maximum Gasteiger partial charge on any atom is 0.0596 e. The van der Waals surface area contributed by atoms with Gasteiger partial charge in [0, 0.05) is 24.2 Å². The lowest BCUT2D eigenvalue weighted by Gasteiger charge is -1.96. The van der Waals surface area contributed by atoms with Gasteiger partial charge in [-0.05, 0) is 24.9 Å². The van der Waals surface area contributed by atoms with E-state index in [9.17, 15) is 0 Å². The van der Waals surface area contributed by atoms with Crippen LogP contribution in [0.1, 0.15) is 11.4 Å². The van der Waals surface area contributed by atoms with Gasteiger partial charge in [0.15, 0.2) is 0 Å². The second kappa shape index (κ2) is 3.78. The fourth-order valence-corrected chi connectivity index (χ4v) is 1.11. The molecular formula is C7H11N5. The third-order valence-corrected chi connectivity index (χ3v) is 1.63. The summed E-state index contributed by atoms with van der Waals surface area (Å²) < 4.78 is 1.81. The molecule has 5 nitrogen and oxygen atoms in total. The van der Waals surface area contributed by atoms with E-state index in [-0.39, 0.29) is 0 Å². The van der Waals surface area contributed by atoms with Gasteiger partial charge in [-0.3, -0.25) is 4.68 Å². The molecule has 0 unspecified atom stereocenters. The monoisotopic (exact) mass is 165 g/mol. The van der Waals surface area contributed by atoms with Crippen LogP contribution >= 0.6 is 0 Å². The maximum atomic E-state index is 8.05. The molecule has 0 aliphatic carbocycles. The topological polar surface area (TPSA) is 66.6 Å². The van der Waals surface area contributed by atoms with E-state index in [1.165, 1.54) is 0 Å². The van der Waals surface area contributed by atoms with Crippen LogP contribution in [0.15, 0.2) is 11.2 Å². The average molecular weight is 165 g/mol. The molecule has 1 heterocycles. The zero-order valence-electron chi connectivity index (χ0n) is 7.23. The minimum atomic E-state index is 0.496. The Morgan fingerprint density at radius 1 is 1.75 bits per heavy atom. The average Bonchev–Trinajstić information content (AvgIpc) is 2.31. The van der Waals surface area contributed by atoms with Crippen molar-refractivity contribution in [2.75, 3.05) is 6.54 Å². The fraction of sp³-hybridized carbons (Fsp3) is 0.571. The molecule has 0 amide bonds. The molecule has 0 N–H and O–H groups in total. The van der Waals surface area contributed by atoms with Gasteiger partial charge in [0.05, 0.1) is 5.69 Å². The Kier molecular flexibility index (Phi) is 2.71. The third-order valence-electron chi connectivity index (χ3n) is 1.63. The Balaban J connectivity index is 2.62. The summed E-state index contributed by atoms with van der Waals surface area (Å²) in [7, 11) is 1.89. The Hall–Kier alpha value is -1.48. The van der Waals surface area contributed by atoms with Crippen molar-refractivity contribution in [1.29, 1.82) is 0 Å². The number of aryl methyl sites for hydroxylation is 2. The standard InChI is InChI=1S/C7H11N5/c1-6-5-7(12(2)10-6)3-4-9-11-8/h5H,3-4H2,1-2H3. The van der Waals surface area contributed by atoms with Crippen molar-refractivity contribution < 1.29 is 0 Å². The van der Waals surface area contributed by atoms with Gasteiger partial charge < -0.3 is 0 Å². The van der Waals surface area contributed by atoms with Gasteiger partial charge in [-0.2, -0.15) is 5.10 Å². The molecule has 64 valence electrons. The highest BCUT2D eigenvalue weighted by atomic mass is 15.3. The number of aromatic nitrogens is 2. The predicted molar refractivity (Wildman–Crippen MR) is 45.7 cm³/mol.